The first-order valence-corrected chi connectivity index (χ1v) is 3.49. The number of Topliss-reactive ketones (excluding diaryl/α,β-unsaturated/α-hetero) is 1. The third-order valence-corrected chi connectivity index (χ3v) is 1.53. The van der Waals surface area contributed by atoms with Crippen molar-refractivity contribution in [2.75, 3.05) is 0 Å². The molecule has 0 amide bonds. The summed E-state index contributed by atoms with van der Waals surface area (Å²) in [5.41, 5.74) is -2.56. The molecular formula is C7H11NO5. The summed E-state index contributed by atoms with van der Waals surface area (Å²) in [6, 6.07) is 0. The second kappa shape index (κ2) is 3.99. The highest BCUT2D eigenvalue weighted by atomic mass is 16.4. The van der Waals surface area contributed by atoms with Crippen LogP contribution in [0.15, 0.2) is 0 Å². The molecule has 0 aromatic carbocycles. The lowest BCUT2D eigenvalue weighted by Gasteiger charge is -2.16. The van der Waals surface area contributed by atoms with Gasteiger partial charge in [-0.05, 0) is 6.92 Å². The van der Waals surface area contributed by atoms with Crippen molar-refractivity contribution in [2.24, 2.45) is 5.72 Å². The van der Waals surface area contributed by atoms with Crippen molar-refractivity contribution in [1.82, 2.24) is 0 Å². The van der Waals surface area contributed by atoms with Crippen molar-refractivity contribution in [1.29, 1.82) is 0 Å². The van der Waals surface area contributed by atoms with Gasteiger partial charge in [0, 0.05) is 6.42 Å². The zero-order chi connectivity index (χ0) is 12.2. The summed E-state index contributed by atoms with van der Waals surface area (Å²) in [6.45, 7) is 0.888. The number of hydrogen-bond donors (Lipinski definition) is 3. The zero-order valence-electron chi connectivity index (χ0n) is 8.98. The summed E-state index contributed by atoms with van der Waals surface area (Å²) in [7, 11) is 0. The maximum absolute atomic E-state index is 11.3. The maximum Gasteiger partial charge on any atom is 0.331 e. The average Bonchev–Trinajstić information content (AvgIpc) is 2.11. The maximum atomic E-state index is 11.3. The van der Waals surface area contributed by atoms with E-state index in [1.54, 1.807) is 0 Å². The third-order valence-electron chi connectivity index (χ3n) is 1.53. The summed E-state index contributed by atoms with van der Waals surface area (Å²) >= 11 is 0. The lowest BCUT2D eigenvalue weighted by atomic mass is 9.95. The van der Waals surface area contributed by atoms with Gasteiger partial charge < -0.3 is 15.9 Å². The summed E-state index contributed by atoms with van der Waals surface area (Å²) in [5, 5.41) is 17.0. The van der Waals surface area contributed by atoms with Crippen molar-refractivity contribution in [3.63, 3.8) is 0 Å². The zero-order valence-corrected chi connectivity index (χ0v) is 6.98. The summed E-state index contributed by atoms with van der Waals surface area (Å²) in [5.74, 6) is -3.87. The first-order valence-electron chi connectivity index (χ1n) is 4.38. The molecule has 6 nitrogen and oxygen atoms in total. The van der Waals surface area contributed by atoms with Crippen molar-refractivity contribution in [3.05, 3.63) is 0 Å². The fourth-order valence-electron chi connectivity index (χ4n) is 0.583. The molecule has 74 valence electrons. The van der Waals surface area contributed by atoms with Crippen LogP contribution in [0.3, 0.4) is 0 Å². The Kier molecular flexibility index (Phi) is 2.51. The Morgan fingerprint density at radius 2 is 1.92 bits per heavy atom. The molecule has 1 atom stereocenters. The number of rotatable bonds is 6. The van der Waals surface area contributed by atoms with Gasteiger partial charge in [0.2, 0.25) is 0 Å². The number of aliphatic carboxylic acids is 2. The largest absolute Gasteiger partial charge is 0.481 e. The van der Waals surface area contributed by atoms with E-state index in [1.807, 2.05) is 0 Å². The van der Waals surface area contributed by atoms with Gasteiger partial charge in [-0.15, -0.1) is 0 Å². The van der Waals surface area contributed by atoms with Crippen LogP contribution in [0.2, 0.25) is 2.82 Å². The minimum absolute atomic E-state index is 0.237. The molecule has 0 rings (SSSR count). The Morgan fingerprint density at radius 1 is 1.38 bits per heavy atom. The van der Waals surface area contributed by atoms with Gasteiger partial charge in [0.15, 0.2) is 11.3 Å². The molecule has 13 heavy (non-hydrogen) atoms. The van der Waals surface area contributed by atoms with Gasteiger partial charge in [-0.2, -0.15) is 0 Å². The molecule has 0 heterocycles. The lowest BCUT2D eigenvalue weighted by molar-refractivity contribution is -0.148. The normalized spacial score (nSPS) is 17.1. The standard InChI is InChI=1S/C7H11NO5/c1-7(8,6(12)13)4(9)2-3-5(10)11/h2-3,8H2,1H3,(H,10,11)(H,12,13)/t7-/m1/s1/i/hD2. The van der Waals surface area contributed by atoms with E-state index in [0.29, 0.717) is 0 Å². The van der Waals surface area contributed by atoms with E-state index in [0.717, 1.165) is 6.92 Å². The molecule has 0 saturated heterocycles. The molecular weight excluding hydrogens is 178 g/mol. The van der Waals surface area contributed by atoms with Crippen LogP contribution in [0.25, 0.3) is 0 Å². The highest BCUT2D eigenvalue weighted by molar-refractivity contribution is 6.07. The van der Waals surface area contributed by atoms with Crippen LogP contribution >= 0.6 is 0 Å². The van der Waals surface area contributed by atoms with Crippen LogP contribution in [0, 0.1) is 0 Å². The predicted molar refractivity (Wildman–Crippen MR) is 42.1 cm³/mol. The van der Waals surface area contributed by atoms with Gasteiger partial charge in [0.1, 0.15) is 2.82 Å². The second-order valence-corrected chi connectivity index (χ2v) is 2.69. The van der Waals surface area contributed by atoms with Crippen molar-refractivity contribution >= 4 is 17.7 Å². The van der Waals surface area contributed by atoms with Crippen LogP contribution in [0.5, 0.6) is 0 Å². The highest BCUT2D eigenvalue weighted by Crippen LogP contribution is 2.06. The lowest BCUT2D eigenvalue weighted by Crippen LogP contribution is -2.52. The first-order chi connectivity index (χ1) is 6.72. The Labute approximate surface area is 77.3 Å². The molecule has 0 saturated carbocycles. The van der Waals surface area contributed by atoms with Gasteiger partial charge in [-0.1, -0.05) is 0 Å². The number of carboxylic acid groups (broad SMARTS) is 2. The quantitative estimate of drug-likeness (QED) is 0.474. The molecule has 0 aromatic heterocycles. The first kappa shape index (κ1) is 8.18. The predicted octanol–water partition coefficient (Wildman–Crippen LogP) is -0.778. The van der Waals surface area contributed by atoms with E-state index in [1.165, 1.54) is 0 Å². The van der Waals surface area contributed by atoms with Gasteiger partial charge in [-0.25, -0.2) is 4.79 Å². The molecule has 0 spiro atoms. The second-order valence-electron chi connectivity index (χ2n) is 2.69. The third kappa shape index (κ3) is 3.20. The number of carbonyl (C=O) groups is 3. The molecule has 0 aliphatic rings. The fourth-order valence-corrected chi connectivity index (χ4v) is 0.583. The Balaban J connectivity index is 4.72. The average molecular weight is 191 g/mol. The van der Waals surface area contributed by atoms with Crippen LogP contribution in [0.1, 0.15) is 19.8 Å². The van der Waals surface area contributed by atoms with Crippen LogP contribution < -0.4 is 5.72 Å². The molecule has 0 aliphatic heterocycles. The van der Waals surface area contributed by atoms with Crippen LogP contribution in [-0.2, 0) is 14.4 Å². The van der Waals surface area contributed by atoms with E-state index < -0.39 is 36.1 Å². The molecule has 0 radical (unpaired) electrons. The topological polar surface area (TPSA) is 118 Å². The van der Waals surface area contributed by atoms with Gasteiger partial charge in [0.05, 0.1) is 6.42 Å². The molecule has 0 bridgehead atoms. The molecule has 0 unspecified atom stereocenters. The SMILES string of the molecule is [2H]N([2H])[C@@](C)(C(=O)O)C(=O)CCC(=O)O. The fraction of sp³-hybridized carbons (Fsp3) is 0.571. The minimum atomic E-state index is -2.32. The van der Waals surface area contributed by atoms with Crippen LogP contribution in [-0.4, -0.2) is 33.5 Å². The summed E-state index contributed by atoms with van der Waals surface area (Å²) < 4.78 is 13.7. The molecule has 6 heteroatoms. The van der Waals surface area contributed by atoms with E-state index in [-0.39, 0.29) is 5.72 Å². The molecule has 4 N–H and O–H groups in total. The van der Waals surface area contributed by atoms with E-state index in [4.69, 9.17) is 13.0 Å². The van der Waals surface area contributed by atoms with Crippen molar-refractivity contribution in [2.45, 2.75) is 25.3 Å². The Bertz CT molecular complexity index is 293. The number of carbonyl (C=O) groups excluding carboxylic acids is 1. The summed E-state index contributed by atoms with van der Waals surface area (Å²) in [6.07, 6.45) is -1.04. The van der Waals surface area contributed by atoms with Gasteiger partial charge in [-0.3, -0.25) is 9.59 Å². The Morgan fingerprint density at radius 3 is 2.23 bits per heavy atom. The molecule has 0 fully saturated rings. The highest BCUT2D eigenvalue weighted by Gasteiger charge is 2.36. The van der Waals surface area contributed by atoms with Gasteiger partial charge in [0.25, 0.3) is 0 Å². The molecule has 0 aliphatic carbocycles. The van der Waals surface area contributed by atoms with Crippen LogP contribution in [0.4, 0.5) is 0 Å². The number of carboxylic acids is 2. The minimum Gasteiger partial charge on any atom is -0.481 e. The smallest absolute Gasteiger partial charge is 0.331 e. The Hall–Kier alpha value is -1.43. The molecule has 0 aromatic rings. The van der Waals surface area contributed by atoms with Crippen molar-refractivity contribution < 1.29 is 27.4 Å². The number of ketones is 1. The van der Waals surface area contributed by atoms with Crippen molar-refractivity contribution in [3.8, 4) is 0 Å². The summed E-state index contributed by atoms with van der Waals surface area (Å²) in [4.78, 5) is 32.2. The van der Waals surface area contributed by atoms with E-state index in [2.05, 4.69) is 0 Å². The van der Waals surface area contributed by atoms with E-state index in [9.17, 15) is 14.4 Å². The monoisotopic (exact) mass is 191 g/mol. The van der Waals surface area contributed by atoms with Gasteiger partial charge >= 0.3 is 11.9 Å². The van der Waals surface area contributed by atoms with E-state index >= 15 is 0 Å². The number of nitrogens with two attached hydrogens (primary N) is 1. The number of hydrogen-bond acceptors (Lipinski definition) is 4.